The van der Waals surface area contributed by atoms with Crippen molar-refractivity contribution in [1.82, 2.24) is 14.8 Å². The van der Waals surface area contributed by atoms with E-state index in [-0.39, 0.29) is 5.91 Å². The van der Waals surface area contributed by atoms with E-state index in [1.54, 1.807) is 19.0 Å². The number of aromatic nitrogens is 1. The van der Waals surface area contributed by atoms with Gasteiger partial charge < -0.3 is 10.2 Å². The van der Waals surface area contributed by atoms with E-state index < -0.39 is 0 Å². The van der Waals surface area contributed by atoms with E-state index in [1.807, 2.05) is 32.2 Å². The van der Waals surface area contributed by atoms with Crippen molar-refractivity contribution in [2.45, 2.75) is 13.5 Å². The third kappa shape index (κ3) is 4.33. The molecule has 0 fully saturated rings. The number of pyridine rings is 1. The first-order valence-electron chi connectivity index (χ1n) is 6.13. The zero-order chi connectivity index (χ0) is 13.5. The van der Waals surface area contributed by atoms with Gasteiger partial charge in [-0.3, -0.25) is 9.69 Å². The van der Waals surface area contributed by atoms with Crippen LogP contribution in [0.3, 0.4) is 0 Å². The van der Waals surface area contributed by atoms with Gasteiger partial charge >= 0.3 is 0 Å². The lowest BCUT2D eigenvalue weighted by Crippen LogP contribution is -2.36. The lowest BCUT2D eigenvalue weighted by atomic mass is 10.3. The Morgan fingerprint density at radius 2 is 2.11 bits per heavy atom. The van der Waals surface area contributed by atoms with Gasteiger partial charge in [0.05, 0.1) is 12.2 Å². The Morgan fingerprint density at radius 3 is 2.67 bits per heavy atom. The summed E-state index contributed by atoms with van der Waals surface area (Å²) in [5.74, 6) is 0.962. The molecule has 100 valence electrons. The summed E-state index contributed by atoms with van der Waals surface area (Å²) in [6, 6.07) is 5.87. The minimum Gasteiger partial charge on any atom is -0.373 e. The molecule has 0 aromatic carbocycles. The Balaban J connectivity index is 2.64. The van der Waals surface area contributed by atoms with Gasteiger partial charge in [-0.1, -0.05) is 13.0 Å². The largest absolute Gasteiger partial charge is 0.373 e. The fourth-order valence-electron chi connectivity index (χ4n) is 1.55. The molecule has 5 nitrogen and oxygen atoms in total. The van der Waals surface area contributed by atoms with E-state index in [2.05, 4.69) is 15.2 Å². The van der Waals surface area contributed by atoms with Gasteiger partial charge in [0.2, 0.25) is 5.91 Å². The van der Waals surface area contributed by atoms with Gasteiger partial charge in [-0.2, -0.15) is 0 Å². The van der Waals surface area contributed by atoms with Crippen molar-refractivity contribution in [3.63, 3.8) is 0 Å². The molecule has 0 saturated carbocycles. The molecule has 0 spiro atoms. The molecule has 1 N–H and O–H groups in total. The summed E-state index contributed by atoms with van der Waals surface area (Å²) in [6.07, 6.45) is 0. The standard InChI is InChI=1S/C13H22N4O/c1-5-17(10-13(18)16(3)4)9-11-7-6-8-12(14-2)15-11/h6-8H,5,9-10H2,1-4H3,(H,14,15). The van der Waals surface area contributed by atoms with E-state index in [0.717, 1.165) is 18.1 Å². The maximum absolute atomic E-state index is 11.7. The quantitative estimate of drug-likeness (QED) is 0.819. The van der Waals surface area contributed by atoms with Crippen LogP contribution in [0.4, 0.5) is 5.82 Å². The Bertz CT molecular complexity index is 392. The minimum atomic E-state index is 0.113. The van der Waals surface area contributed by atoms with Crippen LogP contribution in [0.15, 0.2) is 18.2 Å². The molecule has 1 heterocycles. The van der Waals surface area contributed by atoms with Crippen molar-refractivity contribution in [1.29, 1.82) is 0 Å². The molecule has 5 heteroatoms. The first-order chi connectivity index (χ1) is 8.56. The summed E-state index contributed by atoms with van der Waals surface area (Å²) in [4.78, 5) is 19.8. The number of carbonyl (C=O) groups is 1. The van der Waals surface area contributed by atoms with Gasteiger partial charge in [0, 0.05) is 27.7 Å². The lowest BCUT2D eigenvalue weighted by Gasteiger charge is -2.21. The van der Waals surface area contributed by atoms with Crippen molar-refractivity contribution >= 4 is 11.7 Å². The normalized spacial score (nSPS) is 10.5. The van der Waals surface area contributed by atoms with Gasteiger partial charge in [-0.05, 0) is 18.7 Å². The average Bonchev–Trinajstić information content (AvgIpc) is 2.37. The summed E-state index contributed by atoms with van der Waals surface area (Å²) in [5, 5.41) is 3.01. The molecule has 0 atom stereocenters. The van der Waals surface area contributed by atoms with Gasteiger partial charge in [0.1, 0.15) is 5.82 Å². The molecular weight excluding hydrogens is 228 g/mol. The van der Waals surface area contributed by atoms with Crippen LogP contribution in [-0.2, 0) is 11.3 Å². The molecule has 1 rings (SSSR count). The van der Waals surface area contributed by atoms with E-state index in [0.29, 0.717) is 13.1 Å². The molecule has 0 radical (unpaired) electrons. The van der Waals surface area contributed by atoms with E-state index in [4.69, 9.17) is 0 Å². The molecule has 0 aliphatic carbocycles. The number of carbonyl (C=O) groups excluding carboxylic acids is 1. The smallest absolute Gasteiger partial charge is 0.236 e. The summed E-state index contributed by atoms with van der Waals surface area (Å²) >= 11 is 0. The Labute approximate surface area is 109 Å². The second-order valence-electron chi connectivity index (χ2n) is 4.36. The lowest BCUT2D eigenvalue weighted by molar-refractivity contribution is -0.130. The van der Waals surface area contributed by atoms with E-state index in [9.17, 15) is 4.79 Å². The zero-order valence-corrected chi connectivity index (χ0v) is 11.6. The molecular formula is C13H22N4O. The van der Waals surface area contributed by atoms with E-state index >= 15 is 0 Å². The van der Waals surface area contributed by atoms with Crippen LogP contribution in [-0.4, -0.2) is 54.9 Å². The highest BCUT2D eigenvalue weighted by atomic mass is 16.2. The van der Waals surface area contributed by atoms with Crippen LogP contribution >= 0.6 is 0 Å². The van der Waals surface area contributed by atoms with Gasteiger partial charge in [-0.15, -0.1) is 0 Å². The Morgan fingerprint density at radius 1 is 1.39 bits per heavy atom. The van der Waals surface area contributed by atoms with E-state index in [1.165, 1.54) is 0 Å². The minimum absolute atomic E-state index is 0.113. The predicted octanol–water partition coefficient (Wildman–Crippen LogP) is 1.03. The summed E-state index contributed by atoms with van der Waals surface area (Å²) in [7, 11) is 5.39. The maximum Gasteiger partial charge on any atom is 0.236 e. The number of likely N-dealkylation sites (N-methyl/N-ethyl adjacent to an activating group) is 2. The van der Waals surface area contributed by atoms with Gasteiger partial charge in [-0.25, -0.2) is 4.98 Å². The highest BCUT2D eigenvalue weighted by molar-refractivity contribution is 5.77. The number of nitrogens with one attached hydrogen (secondary N) is 1. The summed E-state index contributed by atoms with van der Waals surface area (Å²) in [5.41, 5.74) is 0.968. The van der Waals surface area contributed by atoms with Crippen molar-refractivity contribution in [3.05, 3.63) is 23.9 Å². The molecule has 18 heavy (non-hydrogen) atoms. The van der Waals surface area contributed by atoms with Crippen molar-refractivity contribution in [2.75, 3.05) is 39.5 Å². The monoisotopic (exact) mass is 250 g/mol. The highest BCUT2D eigenvalue weighted by Crippen LogP contribution is 2.07. The SMILES string of the molecule is CCN(CC(=O)N(C)C)Cc1cccc(NC)n1. The first-order valence-corrected chi connectivity index (χ1v) is 6.13. The molecule has 1 aromatic heterocycles. The van der Waals surface area contributed by atoms with Crippen LogP contribution in [0.2, 0.25) is 0 Å². The van der Waals surface area contributed by atoms with Crippen molar-refractivity contribution in [3.8, 4) is 0 Å². The number of hydrogen-bond donors (Lipinski definition) is 1. The van der Waals surface area contributed by atoms with Crippen LogP contribution < -0.4 is 5.32 Å². The molecule has 0 saturated heterocycles. The molecule has 1 amide bonds. The van der Waals surface area contributed by atoms with Crippen LogP contribution in [0.5, 0.6) is 0 Å². The fraction of sp³-hybridized carbons (Fsp3) is 0.538. The second kappa shape index (κ2) is 6.96. The van der Waals surface area contributed by atoms with Crippen LogP contribution in [0.25, 0.3) is 0 Å². The summed E-state index contributed by atoms with van der Waals surface area (Å²) in [6.45, 7) is 3.98. The summed E-state index contributed by atoms with van der Waals surface area (Å²) < 4.78 is 0. The highest BCUT2D eigenvalue weighted by Gasteiger charge is 2.11. The van der Waals surface area contributed by atoms with Gasteiger partial charge in [0.15, 0.2) is 0 Å². The molecule has 0 unspecified atom stereocenters. The number of nitrogens with zero attached hydrogens (tertiary/aromatic N) is 3. The number of amides is 1. The van der Waals surface area contributed by atoms with Gasteiger partial charge in [0.25, 0.3) is 0 Å². The molecule has 0 aliphatic rings. The zero-order valence-electron chi connectivity index (χ0n) is 11.6. The fourth-order valence-corrected chi connectivity index (χ4v) is 1.55. The Hall–Kier alpha value is -1.62. The van der Waals surface area contributed by atoms with Crippen LogP contribution in [0.1, 0.15) is 12.6 Å². The third-order valence-electron chi connectivity index (χ3n) is 2.75. The van der Waals surface area contributed by atoms with Crippen molar-refractivity contribution in [2.24, 2.45) is 0 Å². The molecule has 0 bridgehead atoms. The number of anilines is 1. The number of rotatable bonds is 6. The maximum atomic E-state index is 11.7. The van der Waals surface area contributed by atoms with Crippen LogP contribution in [0, 0.1) is 0 Å². The predicted molar refractivity (Wildman–Crippen MR) is 73.4 cm³/mol. The third-order valence-corrected chi connectivity index (χ3v) is 2.75. The number of hydrogen-bond acceptors (Lipinski definition) is 4. The molecule has 1 aromatic rings. The van der Waals surface area contributed by atoms with Crippen molar-refractivity contribution < 1.29 is 4.79 Å². The topological polar surface area (TPSA) is 48.5 Å². The first kappa shape index (κ1) is 14.4. The average molecular weight is 250 g/mol. The Kier molecular flexibility index (Phi) is 5.58. The second-order valence-corrected chi connectivity index (χ2v) is 4.36. The molecule has 0 aliphatic heterocycles.